The SMILES string of the molecule is Cc1ccc(C2(C)NC(=O)N(CC(=O)c3cc(C)n(-c4ccon4)c3C)C2=O)cc1. The highest BCUT2D eigenvalue weighted by atomic mass is 16.5. The molecule has 1 N–H and O–H groups in total. The highest BCUT2D eigenvalue weighted by Crippen LogP contribution is 2.29. The summed E-state index contributed by atoms with van der Waals surface area (Å²) < 4.78 is 6.69. The number of nitrogens with one attached hydrogen (secondary N) is 1. The van der Waals surface area contributed by atoms with Crippen LogP contribution < -0.4 is 5.32 Å². The zero-order valence-corrected chi connectivity index (χ0v) is 17.2. The van der Waals surface area contributed by atoms with Gasteiger partial charge in [-0.1, -0.05) is 35.0 Å². The molecule has 2 aromatic heterocycles. The minimum atomic E-state index is -1.21. The second-order valence-corrected chi connectivity index (χ2v) is 7.71. The molecule has 0 radical (unpaired) electrons. The number of aryl methyl sites for hydroxylation is 2. The topological polar surface area (TPSA) is 97.4 Å². The summed E-state index contributed by atoms with van der Waals surface area (Å²) in [4.78, 5) is 39.6. The fourth-order valence-corrected chi connectivity index (χ4v) is 3.87. The van der Waals surface area contributed by atoms with E-state index in [0.717, 1.165) is 16.2 Å². The average Bonchev–Trinajstić information content (AvgIpc) is 3.37. The van der Waals surface area contributed by atoms with Gasteiger partial charge in [0.2, 0.25) is 0 Å². The minimum Gasteiger partial charge on any atom is -0.363 e. The fourth-order valence-electron chi connectivity index (χ4n) is 3.87. The smallest absolute Gasteiger partial charge is 0.325 e. The number of nitrogens with zero attached hydrogens (tertiary/aromatic N) is 3. The quantitative estimate of drug-likeness (QED) is 0.519. The zero-order valence-electron chi connectivity index (χ0n) is 17.2. The predicted molar refractivity (Wildman–Crippen MR) is 108 cm³/mol. The van der Waals surface area contributed by atoms with Crippen LogP contribution in [0.4, 0.5) is 4.79 Å². The van der Waals surface area contributed by atoms with Crippen LogP contribution in [-0.2, 0) is 10.3 Å². The van der Waals surface area contributed by atoms with Gasteiger partial charge in [0.25, 0.3) is 5.91 Å². The molecule has 3 heterocycles. The number of rotatable bonds is 5. The van der Waals surface area contributed by atoms with Crippen molar-refractivity contribution in [2.45, 2.75) is 33.2 Å². The van der Waals surface area contributed by atoms with E-state index in [1.807, 2.05) is 38.1 Å². The molecule has 0 bridgehead atoms. The Morgan fingerprint density at radius 2 is 1.83 bits per heavy atom. The van der Waals surface area contributed by atoms with Gasteiger partial charge in [-0.05, 0) is 39.3 Å². The Bertz CT molecular complexity index is 1140. The molecule has 1 aromatic carbocycles. The van der Waals surface area contributed by atoms with E-state index < -0.39 is 17.5 Å². The minimum absolute atomic E-state index is 0.325. The number of hydrogen-bond donors (Lipinski definition) is 1. The maximum Gasteiger partial charge on any atom is 0.325 e. The first-order valence-corrected chi connectivity index (χ1v) is 9.56. The summed E-state index contributed by atoms with van der Waals surface area (Å²) >= 11 is 0. The number of hydrogen-bond acceptors (Lipinski definition) is 5. The van der Waals surface area contributed by atoms with E-state index in [2.05, 4.69) is 10.5 Å². The predicted octanol–water partition coefficient (Wildman–Crippen LogP) is 3.04. The van der Waals surface area contributed by atoms with E-state index in [-0.39, 0.29) is 12.3 Å². The molecule has 30 heavy (non-hydrogen) atoms. The van der Waals surface area contributed by atoms with Gasteiger partial charge in [-0.2, -0.15) is 0 Å². The van der Waals surface area contributed by atoms with Crippen LogP contribution in [0.1, 0.15) is 39.8 Å². The molecule has 1 saturated heterocycles. The summed E-state index contributed by atoms with van der Waals surface area (Å²) in [5.74, 6) is -0.212. The lowest BCUT2D eigenvalue weighted by atomic mass is 9.91. The third-order valence-electron chi connectivity index (χ3n) is 5.59. The van der Waals surface area contributed by atoms with Crippen molar-refractivity contribution < 1.29 is 18.9 Å². The molecule has 4 rings (SSSR count). The zero-order chi connectivity index (χ0) is 21.6. The van der Waals surface area contributed by atoms with Gasteiger partial charge in [0.15, 0.2) is 11.6 Å². The summed E-state index contributed by atoms with van der Waals surface area (Å²) in [5, 5.41) is 6.65. The molecule has 1 atom stereocenters. The standard InChI is InChI=1S/C22H22N4O4/c1-13-5-7-16(8-6-13)22(4)20(28)25(21(29)23-22)12-18(27)17-11-14(2)26(15(17)3)19-9-10-30-24-19/h5-11H,12H2,1-4H3,(H,23,29). The third-order valence-corrected chi connectivity index (χ3v) is 5.59. The first-order chi connectivity index (χ1) is 14.2. The Labute approximate surface area is 173 Å². The van der Waals surface area contributed by atoms with Gasteiger partial charge in [-0.3, -0.25) is 19.1 Å². The van der Waals surface area contributed by atoms with Gasteiger partial charge >= 0.3 is 6.03 Å². The first kappa shape index (κ1) is 19.6. The lowest BCUT2D eigenvalue weighted by Gasteiger charge is -2.22. The summed E-state index contributed by atoms with van der Waals surface area (Å²) in [7, 11) is 0. The molecule has 1 aliphatic heterocycles. The van der Waals surface area contributed by atoms with Gasteiger partial charge in [0, 0.05) is 23.0 Å². The van der Waals surface area contributed by atoms with Crippen LogP contribution in [0.25, 0.3) is 5.82 Å². The van der Waals surface area contributed by atoms with Crippen molar-refractivity contribution in [1.82, 2.24) is 19.9 Å². The van der Waals surface area contributed by atoms with Crippen LogP contribution in [0, 0.1) is 20.8 Å². The third kappa shape index (κ3) is 3.01. The lowest BCUT2D eigenvalue weighted by molar-refractivity contribution is -0.130. The van der Waals surface area contributed by atoms with E-state index in [0.29, 0.717) is 22.6 Å². The van der Waals surface area contributed by atoms with E-state index in [1.165, 1.54) is 6.26 Å². The van der Waals surface area contributed by atoms with E-state index >= 15 is 0 Å². The van der Waals surface area contributed by atoms with Crippen LogP contribution in [0.5, 0.6) is 0 Å². The van der Waals surface area contributed by atoms with Gasteiger partial charge in [-0.25, -0.2) is 4.79 Å². The Morgan fingerprint density at radius 1 is 1.13 bits per heavy atom. The van der Waals surface area contributed by atoms with Crippen LogP contribution in [0.15, 0.2) is 47.2 Å². The Kier molecular flexibility index (Phi) is 4.57. The van der Waals surface area contributed by atoms with Crippen LogP contribution in [0.2, 0.25) is 0 Å². The molecule has 3 amide bonds. The Balaban J connectivity index is 1.60. The summed E-state index contributed by atoms with van der Waals surface area (Å²) in [6.07, 6.45) is 1.45. The normalized spacial score (nSPS) is 18.7. The van der Waals surface area contributed by atoms with Crippen molar-refractivity contribution in [2.75, 3.05) is 6.54 Å². The van der Waals surface area contributed by atoms with Crippen molar-refractivity contribution in [3.8, 4) is 5.82 Å². The summed E-state index contributed by atoms with van der Waals surface area (Å²) in [5.41, 5.74) is 2.41. The number of urea groups is 1. The van der Waals surface area contributed by atoms with Crippen molar-refractivity contribution in [1.29, 1.82) is 0 Å². The number of amides is 3. The van der Waals surface area contributed by atoms with Gasteiger partial charge in [0.1, 0.15) is 11.8 Å². The Hall–Kier alpha value is -3.68. The first-order valence-electron chi connectivity index (χ1n) is 9.56. The van der Waals surface area contributed by atoms with Gasteiger partial charge in [0.05, 0.1) is 6.54 Å². The molecule has 154 valence electrons. The highest BCUT2D eigenvalue weighted by Gasteiger charge is 2.49. The molecule has 1 unspecified atom stereocenters. The van der Waals surface area contributed by atoms with Crippen molar-refractivity contribution >= 4 is 17.7 Å². The molecule has 8 heteroatoms. The van der Waals surface area contributed by atoms with E-state index in [1.54, 1.807) is 30.5 Å². The number of aromatic nitrogens is 2. The van der Waals surface area contributed by atoms with Crippen LogP contribution in [0.3, 0.4) is 0 Å². The highest BCUT2D eigenvalue weighted by molar-refractivity contribution is 6.11. The van der Waals surface area contributed by atoms with Gasteiger partial charge in [-0.15, -0.1) is 0 Å². The van der Waals surface area contributed by atoms with Crippen LogP contribution in [-0.4, -0.2) is 38.9 Å². The maximum atomic E-state index is 13.1. The monoisotopic (exact) mass is 406 g/mol. The molecule has 0 spiro atoms. The van der Waals surface area contributed by atoms with Gasteiger partial charge < -0.3 is 9.84 Å². The second kappa shape index (κ2) is 6.98. The largest absolute Gasteiger partial charge is 0.363 e. The number of benzene rings is 1. The molecule has 1 aliphatic rings. The van der Waals surface area contributed by atoms with Crippen molar-refractivity contribution in [3.05, 3.63) is 70.7 Å². The Morgan fingerprint density at radius 3 is 2.47 bits per heavy atom. The molecule has 0 aliphatic carbocycles. The number of carbonyl (C=O) groups is 3. The molecule has 3 aromatic rings. The number of imide groups is 1. The van der Waals surface area contributed by atoms with E-state index in [9.17, 15) is 14.4 Å². The summed E-state index contributed by atoms with van der Waals surface area (Å²) in [6.45, 7) is 6.90. The molecule has 0 saturated carbocycles. The second-order valence-electron chi connectivity index (χ2n) is 7.71. The van der Waals surface area contributed by atoms with Crippen molar-refractivity contribution in [2.24, 2.45) is 0 Å². The average molecular weight is 406 g/mol. The number of Topliss-reactive ketones (excluding diaryl/α,β-unsaturated/α-hetero) is 1. The fraction of sp³-hybridized carbons (Fsp3) is 0.273. The molecular weight excluding hydrogens is 384 g/mol. The number of carbonyl (C=O) groups excluding carboxylic acids is 3. The molecular formula is C22H22N4O4. The lowest BCUT2D eigenvalue weighted by Crippen LogP contribution is -2.41. The van der Waals surface area contributed by atoms with Crippen molar-refractivity contribution in [3.63, 3.8) is 0 Å². The molecule has 8 nitrogen and oxygen atoms in total. The van der Waals surface area contributed by atoms with Crippen LogP contribution >= 0.6 is 0 Å². The summed E-state index contributed by atoms with van der Waals surface area (Å²) in [6, 6.07) is 10.2. The number of ketones is 1. The van der Waals surface area contributed by atoms with E-state index in [4.69, 9.17) is 4.52 Å². The maximum absolute atomic E-state index is 13.1. The molecule has 1 fully saturated rings.